The van der Waals surface area contributed by atoms with Crippen molar-refractivity contribution in [3.8, 4) is 5.75 Å². The van der Waals surface area contributed by atoms with Crippen molar-refractivity contribution in [3.05, 3.63) is 66.2 Å². The number of ether oxygens (including phenoxy) is 1. The monoisotopic (exact) mass is 410 g/mol. The number of benzene rings is 2. The zero-order valence-electron chi connectivity index (χ0n) is 18.4. The number of nitrogens with zero attached hydrogens (tertiary/aromatic N) is 2. The molecule has 0 spiro atoms. The number of Topliss-reactive ketones (excluding diaryl/α,β-unsaturated/α-hetero) is 1. The Labute approximate surface area is 180 Å². The van der Waals surface area contributed by atoms with Crippen molar-refractivity contribution in [2.45, 2.75) is 38.6 Å². The van der Waals surface area contributed by atoms with Crippen LogP contribution in [0.4, 0.5) is 0 Å². The molecule has 2 aromatic rings. The lowest BCUT2D eigenvalue weighted by atomic mass is 10.1. The number of hydrogen-bond acceptors (Lipinski definition) is 4. The van der Waals surface area contributed by atoms with E-state index in [2.05, 4.69) is 24.0 Å². The number of ketones is 1. The highest BCUT2D eigenvalue weighted by atomic mass is 16.5. The smallest absolute Gasteiger partial charge is 0.223 e. The Morgan fingerprint density at radius 2 is 1.40 bits per heavy atom. The molecule has 1 unspecified atom stereocenters. The second-order valence-corrected chi connectivity index (χ2v) is 7.64. The molecule has 2 aromatic carbocycles. The molecule has 30 heavy (non-hydrogen) atoms. The normalized spacial score (nSPS) is 17.4. The zero-order valence-corrected chi connectivity index (χ0v) is 18.4. The first-order valence-corrected chi connectivity index (χ1v) is 10.6. The fourth-order valence-corrected chi connectivity index (χ4v) is 3.41. The number of amides is 1. The predicted molar refractivity (Wildman–Crippen MR) is 121 cm³/mol. The summed E-state index contributed by atoms with van der Waals surface area (Å²) in [4.78, 5) is 26.2. The van der Waals surface area contributed by atoms with E-state index >= 15 is 0 Å². The van der Waals surface area contributed by atoms with Crippen LogP contribution in [-0.2, 0) is 9.59 Å². The van der Waals surface area contributed by atoms with Crippen LogP contribution >= 0.6 is 0 Å². The maximum Gasteiger partial charge on any atom is 0.223 e. The molecule has 0 N–H and O–H groups in total. The Morgan fingerprint density at radius 1 is 0.833 bits per heavy atom. The Morgan fingerprint density at radius 3 is 1.83 bits per heavy atom. The molecule has 2 aliphatic heterocycles. The lowest BCUT2D eigenvalue weighted by Crippen LogP contribution is -2.29. The van der Waals surface area contributed by atoms with E-state index in [9.17, 15) is 9.59 Å². The van der Waals surface area contributed by atoms with Crippen LogP contribution in [0, 0.1) is 0 Å². The summed E-state index contributed by atoms with van der Waals surface area (Å²) >= 11 is 0. The molecule has 5 heteroatoms. The summed E-state index contributed by atoms with van der Waals surface area (Å²) in [6.07, 6.45) is 3.25. The Kier molecular flexibility index (Phi) is 10.1. The number of hydrogen-bond donors (Lipinski definition) is 0. The highest BCUT2D eigenvalue weighted by Gasteiger charge is 2.25. The third kappa shape index (κ3) is 7.99. The highest BCUT2D eigenvalue weighted by Crippen LogP contribution is 2.24. The molecule has 162 valence electrons. The second-order valence-electron chi connectivity index (χ2n) is 7.64. The number of likely N-dealkylation sites (tertiary alicyclic amines) is 2. The molecule has 2 heterocycles. The van der Waals surface area contributed by atoms with Crippen LogP contribution in [-0.4, -0.2) is 55.3 Å². The fourth-order valence-electron chi connectivity index (χ4n) is 3.41. The van der Waals surface area contributed by atoms with Gasteiger partial charge in [-0.1, -0.05) is 48.5 Å². The Bertz CT molecular complexity index is 754. The minimum atomic E-state index is 0.228. The molecule has 2 fully saturated rings. The van der Waals surface area contributed by atoms with Gasteiger partial charge in [0.25, 0.3) is 0 Å². The van der Waals surface area contributed by atoms with Crippen molar-refractivity contribution < 1.29 is 14.3 Å². The minimum Gasteiger partial charge on any atom is -0.497 e. The third-order valence-electron chi connectivity index (χ3n) is 5.38. The van der Waals surface area contributed by atoms with E-state index in [1.54, 1.807) is 7.11 Å². The molecule has 0 bridgehead atoms. The minimum absolute atomic E-state index is 0.228. The third-order valence-corrected chi connectivity index (χ3v) is 5.38. The van der Waals surface area contributed by atoms with Crippen LogP contribution in [0.2, 0.25) is 0 Å². The largest absolute Gasteiger partial charge is 0.497 e. The standard InChI is InChI=1S/C12H15NO.C7H8O.C6H11NO/c1-10(11-6-3-2-4-7-11)13-9-5-8-12(13)14;1-8-7-5-3-2-4-6-7;1-7-4-2-6(8)3-5-7/h2-4,6-7,10H,5,8-9H2,1H3;2-6H,1H3;2-5H2,1H3. The van der Waals surface area contributed by atoms with E-state index in [1.807, 2.05) is 60.5 Å². The average molecular weight is 411 g/mol. The van der Waals surface area contributed by atoms with Gasteiger partial charge in [0.1, 0.15) is 11.5 Å². The summed E-state index contributed by atoms with van der Waals surface area (Å²) in [6.45, 7) is 4.92. The van der Waals surface area contributed by atoms with E-state index < -0.39 is 0 Å². The first-order valence-electron chi connectivity index (χ1n) is 10.6. The van der Waals surface area contributed by atoms with Gasteiger partial charge >= 0.3 is 0 Å². The molecule has 2 saturated heterocycles. The molecule has 1 amide bonds. The van der Waals surface area contributed by atoms with Crippen LogP contribution < -0.4 is 4.74 Å². The molecule has 2 aliphatic rings. The van der Waals surface area contributed by atoms with Crippen LogP contribution in [0.1, 0.15) is 44.2 Å². The van der Waals surface area contributed by atoms with Crippen molar-refractivity contribution >= 4 is 11.7 Å². The summed E-state index contributed by atoms with van der Waals surface area (Å²) in [5.41, 5.74) is 1.22. The van der Waals surface area contributed by atoms with Crippen molar-refractivity contribution in [1.29, 1.82) is 0 Å². The lowest BCUT2D eigenvalue weighted by molar-refractivity contribution is -0.129. The van der Waals surface area contributed by atoms with Gasteiger partial charge in [0.05, 0.1) is 13.2 Å². The fraction of sp³-hybridized carbons (Fsp3) is 0.440. The van der Waals surface area contributed by atoms with Crippen molar-refractivity contribution in [2.24, 2.45) is 0 Å². The summed E-state index contributed by atoms with van der Waals surface area (Å²) in [5.74, 6) is 1.62. The van der Waals surface area contributed by atoms with Gasteiger partial charge in [-0.05, 0) is 38.1 Å². The molecule has 1 atom stereocenters. The van der Waals surface area contributed by atoms with Gasteiger partial charge in [-0.25, -0.2) is 0 Å². The molecule has 0 aliphatic carbocycles. The van der Waals surface area contributed by atoms with Crippen LogP contribution in [0.5, 0.6) is 5.75 Å². The van der Waals surface area contributed by atoms with Crippen LogP contribution in [0.3, 0.4) is 0 Å². The number of para-hydroxylation sites is 1. The number of carbonyl (C=O) groups excluding carboxylic acids is 2. The van der Waals surface area contributed by atoms with Crippen molar-refractivity contribution in [2.75, 3.05) is 33.8 Å². The molecular weight excluding hydrogens is 376 g/mol. The van der Waals surface area contributed by atoms with Gasteiger partial charge in [0.15, 0.2) is 0 Å². The molecule has 0 saturated carbocycles. The summed E-state index contributed by atoms with van der Waals surface area (Å²) < 4.78 is 4.91. The molecule has 0 radical (unpaired) electrons. The van der Waals surface area contributed by atoms with Crippen molar-refractivity contribution in [1.82, 2.24) is 9.80 Å². The quantitative estimate of drug-likeness (QED) is 0.755. The van der Waals surface area contributed by atoms with Crippen LogP contribution in [0.25, 0.3) is 0 Å². The highest BCUT2D eigenvalue weighted by molar-refractivity contribution is 5.79. The number of piperidine rings is 1. The Hall–Kier alpha value is -2.66. The van der Waals surface area contributed by atoms with Gasteiger partial charge < -0.3 is 14.5 Å². The first kappa shape index (κ1) is 23.6. The topological polar surface area (TPSA) is 49.9 Å². The summed E-state index contributed by atoms with van der Waals surface area (Å²) in [5, 5.41) is 0. The molecule has 0 aromatic heterocycles. The molecular formula is C25H34N2O3. The maximum absolute atomic E-state index is 11.5. The number of methoxy groups -OCH3 is 1. The average Bonchev–Trinajstić information content (AvgIpc) is 3.23. The van der Waals surface area contributed by atoms with E-state index in [1.165, 1.54) is 5.56 Å². The van der Waals surface area contributed by atoms with Gasteiger partial charge in [-0.2, -0.15) is 0 Å². The summed E-state index contributed by atoms with van der Waals surface area (Å²) in [6, 6.07) is 20.1. The second kappa shape index (κ2) is 12.8. The van der Waals surface area contributed by atoms with E-state index in [0.717, 1.165) is 51.1 Å². The van der Waals surface area contributed by atoms with E-state index in [-0.39, 0.29) is 6.04 Å². The molecule has 4 rings (SSSR count). The Balaban J connectivity index is 0.000000172. The lowest BCUT2D eigenvalue weighted by Gasteiger charge is -2.24. The van der Waals surface area contributed by atoms with Gasteiger partial charge in [-0.3, -0.25) is 9.59 Å². The van der Waals surface area contributed by atoms with Gasteiger partial charge in [-0.15, -0.1) is 0 Å². The number of rotatable bonds is 3. The summed E-state index contributed by atoms with van der Waals surface area (Å²) in [7, 11) is 3.71. The van der Waals surface area contributed by atoms with Gasteiger partial charge in [0.2, 0.25) is 5.91 Å². The zero-order chi connectivity index (χ0) is 21.8. The maximum atomic E-state index is 11.5. The van der Waals surface area contributed by atoms with Crippen molar-refractivity contribution in [3.63, 3.8) is 0 Å². The van der Waals surface area contributed by atoms with E-state index in [4.69, 9.17) is 4.74 Å². The number of carbonyl (C=O) groups is 2. The SMILES string of the molecule is CC(c1ccccc1)N1CCCC1=O.CN1CCC(=O)CC1.COc1ccccc1. The predicted octanol–water partition coefficient (Wildman–Crippen LogP) is 4.35. The molecule has 5 nitrogen and oxygen atoms in total. The first-order chi connectivity index (χ1) is 14.5. The van der Waals surface area contributed by atoms with Crippen LogP contribution in [0.15, 0.2) is 60.7 Å². The van der Waals surface area contributed by atoms with E-state index in [0.29, 0.717) is 11.7 Å². The van der Waals surface area contributed by atoms with Gasteiger partial charge in [0, 0.05) is 38.9 Å².